The van der Waals surface area contributed by atoms with Crippen molar-refractivity contribution in [1.29, 1.82) is 0 Å². The van der Waals surface area contributed by atoms with Crippen LogP contribution in [0.25, 0.3) is 10.8 Å². The summed E-state index contributed by atoms with van der Waals surface area (Å²) in [5.74, 6) is -4.41. The number of hydrogen-bond acceptors (Lipinski definition) is 4. The minimum atomic E-state index is -1.48. The van der Waals surface area contributed by atoms with E-state index in [1.54, 1.807) is 4.90 Å². The van der Waals surface area contributed by atoms with E-state index in [0.29, 0.717) is 25.9 Å². The second-order valence-corrected chi connectivity index (χ2v) is 8.63. The van der Waals surface area contributed by atoms with Gasteiger partial charge in [-0.15, -0.1) is 0 Å². The van der Waals surface area contributed by atoms with E-state index in [0.717, 1.165) is 35.6 Å². The number of nitrogens with one attached hydrogen (secondary N) is 1. The van der Waals surface area contributed by atoms with Gasteiger partial charge in [0.25, 0.3) is 0 Å². The molecule has 0 bridgehead atoms. The molecule has 7 heteroatoms. The number of carboxylic acids is 1. The highest BCUT2D eigenvalue weighted by Gasteiger charge is 2.54. The normalized spacial score (nSPS) is 20.8. The number of benzene rings is 2. The summed E-state index contributed by atoms with van der Waals surface area (Å²) in [7, 11) is 0. The lowest BCUT2D eigenvalue weighted by Crippen LogP contribution is -2.61. The lowest BCUT2D eigenvalue weighted by atomic mass is 9.65. The first-order valence-corrected chi connectivity index (χ1v) is 10.7. The molecule has 1 aliphatic carbocycles. The summed E-state index contributed by atoms with van der Waals surface area (Å²) in [6, 6.07) is 13.9. The van der Waals surface area contributed by atoms with Crippen LogP contribution in [0.1, 0.15) is 37.7 Å². The van der Waals surface area contributed by atoms with Gasteiger partial charge in [0.05, 0.1) is 0 Å². The zero-order valence-corrected chi connectivity index (χ0v) is 17.3. The molecule has 1 aliphatic heterocycles. The molecule has 31 heavy (non-hydrogen) atoms. The summed E-state index contributed by atoms with van der Waals surface area (Å²) in [6.45, 7) is -0.00478. The molecule has 1 unspecified atom stereocenters. The van der Waals surface area contributed by atoms with Crippen LogP contribution in [0.4, 0.5) is 0 Å². The highest BCUT2D eigenvalue weighted by Crippen LogP contribution is 2.43. The van der Waals surface area contributed by atoms with E-state index in [9.17, 15) is 19.2 Å². The summed E-state index contributed by atoms with van der Waals surface area (Å²) in [5.41, 5.74) is 0.200. The molecule has 2 aromatic carbocycles. The Balaban J connectivity index is 1.63. The first-order chi connectivity index (χ1) is 14.9. The third-order valence-corrected chi connectivity index (χ3v) is 6.51. The Kier molecular flexibility index (Phi) is 5.76. The molecule has 1 atom stereocenters. The van der Waals surface area contributed by atoms with Gasteiger partial charge in [0.2, 0.25) is 11.8 Å². The van der Waals surface area contributed by atoms with E-state index in [-0.39, 0.29) is 5.78 Å². The molecule has 1 spiro atoms. The minimum Gasteiger partial charge on any atom is -0.480 e. The molecule has 0 radical (unpaired) electrons. The molecule has 2 fully saturated rings. The van der Waals surface area contributed by atoms with Gasteiger partial charge in [0, 0.05) is 18.5 Å². The van der Waals surface area contributed by atoms with Gasteiger partial charge in [-0.3, -0.25) is 19.2 Å². The summed E-state index contributed by atoms with van der Waals surface area (Å²) >= 11 is 0. The summed E-state index contributed by atoms with van der Waals surface area (Å²) in [5, 5.41) is 13.3. The number of hydrogen-bond donors (Lipinski definition) is 2. The quantitative estimate of drug-likeness (QED) is 0.721. The molecule has 2 aliphatic rings. The van der Waals surface area contributed by atoms with Crippen molar-refractivity contribution in [3.05, 3.63) is 48.0 Å². The maximum atomic E-state index is 13.3. The minimum absolute atomic E-state index is 0.306. The predicted octanol–water partition coefficient (Wildman–Crippen LogP) is 2.52. The summed E-state index contributed by atoms with van der Waals surface area (Å²) in [6.07, 6.45) is 4.09. The van der Waals surface area contributed by atoms with Crippen LogP contribution in [0.15, 0.2) is 42.5 Å². The number of carbonyl (C=O) groups excluding carboxylic acids is 3. The number of nitrogens with zero attached hydrogens (tertiary/aromatic N) is 1. The standard InChI is InChI=1S/C24H26N2O5/c27-19(28)13-25-22(30)20-21(29)24(10-4-1-5-11-24)15-26(23(20)31)14-16-8-9-17-6-2-3-7-18(17)12-16/h2-3,6-9,12,20H,1,4-5,10-11,13-15H2,(H,25,30)(H,27,28). The highest BCUT2D eigenvalue weighted by atomic mass is 16.4. The average Bonchev–Trinajstić information content (AvgIpc) is 2.77. The first kappa shape index (κ1) is 21.0. The molecule has 2 amide bonds. The number of carbonyl (C=O) groups is 4. The maximum Gasteiger partial charge on any atom is 0.322 e. The Labute approximate surface area is 180 Å². The number of ketones is 1. The van der Waals surface area contributed by atoms with E-state index >= 15 is 0 Å². The lowest BCUT2D eigenvalue weighted by molar-refractivity contribution is -0.161. The van der Waals surface area contributed by atoms with Crippen molar-refractivity contribution in [1.82, 2.24) is 10.2 Å². The van der Waals surface area contributed by atoms with Gasteiger partial charge in [-0.25, -0.2) is 0 Å². The maximum absolute atomic E-state index is 13.3. The molecule has 1 saturated carbocycles. The largest absolute Gasteiger partial charge is 0.480 e. The van der Waals surface area contributed by atoms with Crippen molar-refractivity contribution >= 4 is 34.3 Å². The number of Topliss-reactive ketones (excluding diaryl/α,β-unsaturated/α-hetero) is 1. The second kappa shape index (κ2) is 8.49. The van der Waals surface area contributed by atoms with Crippen molar-refractivity contribution in [3.8, 4) is 0 Å². The van der Waals surface area contributed by atoms with Gasteiger partial charge >= 0.3 is 5.97 Å². The molecule has 4 rings (SSSR count). The Morgan fingerprint density at radius 3 is 2.45 bits per heavy atom. The fourth-order valence-electron chi connectivity index (χ4n) is 4.94. The number of aliphatic carboxylic acids is 1. The van der Waals surface area contributed by atoms with Crippen LogP contribution in [-0.2, 0) is 25.7 Å². The Morgan fingerprint density at radius 2 is 1.74 bits per heavy atom. The molecule has 0 aromatic heterocycles. The lowest BCUT2D eigenvalue weighted by Gasteiger charge is -2.46. The van der Waals surface area contributed by atoms with Gasteiger partial charge in [-0.2, -0.15) is 0 Å². The zero-order valence-electron chi connectivity index (χ0n) is 17.3. The molecule has 7 nitrogen and oxygen atoms in total. The molecule has 2 N–H and O–H groups in total. The van der Waals surface area contributed by atoms with Gasteiger partial charge in [-0.05, 0) is 35.2 Å². The van der Waals surface area contributed by atoms with Crippen molar-refractivity contribution in [2.24, 2.45) is 11.3 Å². The monoisotopic (exact) mass is 422 g/mol. The third kappa shape index (κ3) is 4.17. The average molecular weight is 422 g/mol. The van der Waals surface area contributed by atoms with Gasteiger partial charge < -0.3 is 15.3 Å². The van der Waals surface area contributed by atoms with Crippen LogP contribution in [0, 0.1) is 11.3 Å². The molecule has 1 heterocycles. The van der Waals surface area contributed by atoms with Gasteiger partial charge in [0.15, 0.2) is 11.7 Å². The van der Waals surface area contributed by atoms with Crippen LogP contribution in [0.5, 0.6) is 0 Å². The Morgan fingerprint density at radius 1 is 1.03 bits per heavy atom. The van der Waals surface area contributed by atoms with Gasteiger partial charge in [-0.1, -0.05) is 55.7 Å². The fraction of sp³-hybridized carbons (Fsp3) is 0.417. The molecule has 2 aromatic rings. The Bertz CT molecular complexity index is 1040. The topological polar surface area (TPSA) is 104 Å². The van der Waals surface area contributed by atoms with Crippen LogP contribution in [0.3, 0.4) is 0 Å². The molecule has 162 valence electrons. The molecular weight excluding hydrogens is 396 g/mol. The number of rotatable bonds is 5. The van der Waals surface area contributed by atoms with Crippen LogP contribution < -0.4 is 5.32 Å². The van der Waals surface area contributed by atoms with E-state index < -0.39 is 35.7 Å². The van der Waals surface area contributed by atoms with E-state index in [2.05, 4.69) is 5.32 Å². The number of carboxylic acid groups (broad SMARTS) is 1. The molecule has 1 saturated heterocycles. The molecular formula is C24H26N2O5. The van der Waals surface area contributed by atoms with E-state index in [4.69, 9.17) is 5.11 Å². The number of piperidine rings is 1. The predicted molar refractivity (Wildman–Crippen MR) is 114 cm³/mol. The van der Waals surface area contributed by atoms with Crippen molar-refractivity contribution in [2.45, 2.75) is 38.6 Å². The smallest absolute Gasteiger partial charge is 0.322 e. The second-order valence-electron chi connectivity index (χ2n) is 8.63. The van der Waals surface area contributed by atoms with Gasteiger partial charge in [0.1, 0.15) is 6.54 Å². The first-order valence-electron chi connectivity index (χ1n) is 10.7. The third-order valence-electron chi connectivity index (χ3n) is 6.51. The van der Waals surface area contributed by atoms with E-state index in [1.165, 1.54) is 0 Å². The SMILES string of the molecule is O=C(O)CNC(=O)C1C(=O)N(Cc2ccc3ccccc3c2)CC2(CCCCC2)C1=O. The van der Waals surface area contributed by atoms with Crippen LogP contribution in [0.2, 0.25) is 0 Å². The number of fused-ring (bicyclic) bond motifs is 1. The van der Waals surface area contributed by atoms with Crippen molar-refractivity contribution in [2.75, 3.05) is 13.1 Å². The zero-order chi connectivity index (χ0) is 22.0. The summed E-state index contributed by atoms with van der Waals surface area (Å²) < 4.78 is 0. The highest BCUT2D eigenvalue weighted by molar-refractivity contribution is 6.21. The van der Waals surface area contributed by atoms with Crippen molar-refractivity contribution < 1.29 is 24.3 Å². The number of likely N-dealkylation sites (tertiary alicyclic amines) is 1. The Hall–Kier alpha value is -3.22. The van der Waals surface area contributed by atoms with Crippen LogP contribution in [-0.4, -0.2) is 46.7 Å². The van der Waals surface area contributed by atoms with E-state index in [1.807, 2.05) is 42.5 Å². The fourth-order valence-corrected chi connectivity index (χ4v) is 4.94. The number of amides is 2. The van der Waals surface area contributed by atoms with Crippen molar-refractivity contribution in [3.63, 3.8) is 0 Å². The van der Waals surface area contributed by atoms with Crippen LogP contribution >= 0.6 is 0 Å². The summed E-state index contributed by atoms with van der Waals surface area (Å²) in [4.78, 5) is 51.7.